The Morgan fingerprint density at radius 3 is 2.83 bits per heavy atom. The maximum absolute atomic E-state index is 11.6. The van der Waals surface area contributed by atoms with Crippen LogP contribution in [0.3, 0.4) is 0 Å². The normalized spacial score (nSPS) is 11.5. The van der Waals surface area contributed by atoms with Gasteiger partial charge in [0.05, 0.1) is 10.2 Å². The summed E-state index contributed by atoms with van der Waals surface area (Å²) >= 11 is 1.21. The van der Waals surface area contributed by atoms with Crippen molar-refractivity contribution in [1.82, 2.24) is 10.3 Å². The Morgan fingerprint density at radius 2 is 2.17 bits per heavy atom. The van der Waals surface area contributed by atoms with E-state index >= 15 is 0 Å². The van der Waals surface area contributed by atoms with Gasteiger partial charge in [0.1, 0.15) is 5.75 Å². The van der Waals surface area contributed by atoms with E-state index in [1.165, 1.54) is 11.3 Å². The summed E-state index contributed by atoms with van der Waals surface area (Å²) in [5.74, 6) is 0.164. The number of aromatic nitrogens is 1. The molecule has 0 bridgehead atoms. The summed E-state index contributed by atoms with van der Waals surface area (Å²) in [6.07, 6.45) is -0.536. The van der Waals surface area contributed by atoms with Gasteiger partial charge in [-0.05, 0) is 39.0 Å². The fourth-order valence-electron chi connectivity index (χ4n) is 1.35. The van der Waals surface area contributed by atoms with Crippen molar-refractivity contribution >= 4 is 27.6 Å². The number of hydrogen-bond donors (Lipinski definition) is 2. The Kier molecular flexibility index (Phi) is 3.13. The second-order valence-electron chi connectivity index (χ2n) is 4.90. The average molecular weight is 266 g/mol. The molecule has 18 heavy (non-hydrogen) atoms. The highest BCUT2D eigenvalue weighted by Crippen LogP contribution is 2.30. The summed E-state index contributed by atoms with van der Waals surface area (Å²) in [6, 6.07) is 4.80. The predicted octanol–water partition coefficient (Wildman–Crippen LogP) is 2.89. The van der Waals surface area contributed by atoms with Crippen molar-refractivity contribution in [3.05, 3.63) is 18.2 Å². The van der Waals surface area contributed by atoms with Gasteiger partial charge in [0.25, 0.3) is 5.19 Å². The Hall–Kier alpha value is -1.82. The van der Waals surface area contributed by atoms with Crippen molar-refractivity contribution in [2.24, 2.45) is 0 Å². The first kappa shape index (κ1) is 12.6. The highest BCUT2D eigenvalue weighted by Gasteiger charge is 2.17. The summed E-state index contributed by atoms with van der Waals surface area (Å²) in [7, 11) is 0. The van der Waals surface area contributed by atoms with Crippen LogP contribution in [0, 0.1) is 0 Å². The molecule has 2 aromatic rings. The van der Waals surface area contributed by atoms with Crippen LogP contribution in [0.25, 0.3) is 10.2 Å². The number of thiazole rings is 1. The molecule has 0 unspecified atom stereocenters. The number of fused-ring (bicyclic) bond motifs is 1. The van der Waals surface area contributed by atoms with Crippen molar-refractivity contribution < 1.29 is 14.6 Å². The van der Waals surface area contributed by atoms with Crippen LogP contribution in [0.5, 0.6) is 10.9 Å². The lowest BCUT2D eigenvalue weighted by atomic mass is 10.1. The van der Waals surface area contributed by atoms with Gasteiger partial charge >= 0.3 is 6.09 Å². The number of phenolic OH excluding ortho intramolecular Hbond substituents is 1. The first-order valence-corrected chi connectivity index (χ1v) is 6.25. The van der Waals surface area contributed by atoms with E-state index < -0.39 is 6.09 Å². The van der Waals surface area contributed by atoms with Gasteiger partial charge in [-0.2, -0.15) is 0 Å². The number of ether oxygens (including phenoxy) is 1. The second-order valence-corrected chi connectivity index (χ2v) is 5.89. The van der Waals surface area contributed by atoms with Gasteiger partial charge in [0.15, 0.2) is 0 Å². The zero-order valence-corrected chi connectivity index (χ0v) is 11.2. The van der Waals surface area contributed by atoms with Crippen LogP contribution >= 0.6 is 11.3 Å². The lowest BCUT2D eigenvalue weighted by molar-refractivity contribution is 0.190. The highest BCUT2D eigenvalue weighted by atomic mass is 32.1. The number of amides is 1. The van der Waals surface area contributed by atoms with Gasteiger partial charge in [-0.3, -0.25) is 0 Å². The van der Waals surface area contributed by atoms with E-state index in [9.17, 15) is 9.90 Å². The molecule has 0 fully saturated rings. The predicted molar refractivity (Wildman–Crippen MR) is 70.2 cm³/mol. The summed E-state index contributed by atoms with van der Waals surface area (Å²) in [6.45, 7) is 5.60. The molecule has 0 saturated heterocycles. The Morgan fingerprint density at radius 1 is 1.44 bits per heavy atom. The molecule has 0 aliphatic heterocycles. The first-order chi connectivity index (χ1) is 8.33. The number of benzene rings is 1. The van der Waals surface area contributed by atoms with Crippen LogP contribution in [-0.4, -0.2) is 21.7 Å². The standard InChI is InChI=1S/C12H14N2O3S/c1-12(2,3)14-10(16)17-11-13-8-5-4-7(15)6-9(8)18-11/h4-6,15H,1-3H3,(H,14,16). The largest absolute Gasteiger partial charge is 0.508 e. The van der Waals surface area contributed by atoms with E-state index in [1.807, 2.05) is 20.8 Å². The fraction of sp³-hybridized carbons (Fsp3) is 0.333. The molecule has 0 aliphatic carbocycles. The summed E-state index contributed by atoms with van der Waals surface area (Å²) in [5.41, 5.74) is 0.336. The van der Waals surface area contributed by atoms with Crippen molar-refractivity contribution in [1.29, 1.82) is 0 Å². The lowest BCUT2D eigenvalue weighted by Gasteiger charge is -2.18. The first-order valence-electron chi connectivity index (χ1n) is 5.43. The van der Waals surface area contributed by atoms with Crippen LogP contribution in [0.4, 0.5) is 4.79 Å². The molecule has 1 aromatic carbocycles. The van der Waals surface area contributed by atoms with Gasteiger partial charge in [0, 0.05) is 5.54 Å². The Labute approximate surface area is 108 Å². The molecule has 1 aromatic heterocycles. The molecule has 5 nitrogen and oxygen atoms in total. The van der Waals surface area contributed by atoms with Gasteiger partial charge in [-0.25, -0.2) is 9.78 Å². The van der Waals surface area contributed by atoms with Gasteiger partial charge in [-0.1, -0.05) is 11.3 Å². The minimum Gasteiger partial charge on any atom is -0.508 e. The molecule has 1 heterocycles. The zero-order chi connectivity index (χ0) is 13.3. The van der Waals surface area contributed by atoms with Crippen molar-refractivity contribution in [3.63, 3.8) is 0 Å². The summed E-state index contributed by atoms with van der Waals surface area (Å²) in [5, 5.41) is 12.3. The number of nitrogens with one attached hydrogen (secondary N) is 1. The van der Waals surface area contributed by atoms with Crippen LogP contribution in [-0.2, 0) is 0 Å². The third-order valence-electron chi connectivity index (χ3n) is 2.01. The smallest absolute Gasteiger partial charge is 0.414 e. The molecule has 96 valence electrons. The molecule has 0 spiro atoms. The maximum Gasteiger partial charge on any atom is 0.414 e. The molecule has 6 heteroatoms. The number of carbonyl (C=O) groups excluding carboxylic acids is 1. The minimum atomic E-state index is -0.536. The van der Waals surface area contributed by atoms with E-state index in [4.69, 9.17) is 4.74 Å². The Bertz CT molecular complexity index is 587. The van der Waals surface area contributed by atoms with E-state index in [0.717, 1.165) is 4.70 Å². The van der Waals surface area contributed by atoms with Crippen LogP contribution < -0.4 is 10.1 Å². The fourth-order valence-corrected chi connectivity index (χ4v) is 2.19. The van der Waals surface area contributed by atoms with E-state index in [1.54, 1.807) is 18.2 Å². The van der Waals surface area contributed by atoms with Gasteiger partial charge in [0.2, 0.25) is 0 Å². The lowest BCUT2D eigenvalue weighted by Crippen LogP contribution is -2.42. The van der Waals surface area contributed by atoms with Crippen LogP contribution in [0.2, 0.25) is 0 Å². The summed E-state index contributed by atoms with van der Waals surface area (Å²) in [4.78, 5) is 15.7. The SMILES string of the molecule is CC(C)(C)NC(=O)Oc1nc2ccc(O)cc2s1. The third kappa shape index (κ3) is 3.10. The van der Waals surface area contributed by atoms with Crippen LogP contribution in [0.1, 0.15) is 20.8 Å². The van der Waals surface area contributed by atoms with E-state index in [-0.39, 0.29) is 16.5 Å². The molecule has 2 rings (SSSR count). The topological polar surface area (TPSA) is 71.5 Å². The third-order valence-corrected chi connectivity index (χ3v) is 2.91. The van der Waals surface area contributed by atoms with Crippen molar-refractivity contribution in [2.75, 3.05) is 0 Å². The molecular weight excluding hydrogens is 252 g/mol. The monoisotopic (exact) mass is 266 g/mol. The maximum atomic E-state index is 11.6. The average Bonchev–Trinajstić information content (AvgIpc) is 2.55. The zero-order valence-electron chi connectivity index (χ0n) is 10.4. The van der Waals surface area contributed by atoms with Crippen LogP contribution in [0.15, 0.2) is 18.2 Å². The molecular formula is C12H14N2O3S. The number of nitrogens with zero attached hydrogens (tertiary/aromatic N) is 1. The number of carbonyl (C=O) groups is 1. The second kappa shape index (κ2) is 4.45. The minimum absolute atomic E-state index is 0.164. The molecule has 0 radical (unpaired) electrons. The molecule has 1 amide bonds. The van der Waals surface area contributed by atoms with Gasteiger partial charge < -0.3 is 15.2 Å². The number of aromatic hydroxyl groups is 1. The molecule has 0 saturated carbocycles. The van der Waals surface area contributed by atoms with E-state index in [0.29, 0.717) is 5.52 Å². The Balaban J connectivity index is 2.15. The highest BCUT2D eigenvalue weighted by molar-refractivity contribution is 7.20. The quantitative estimate of drug-likeness (QED) is 0.832. The number of rotatable bonds is 1. The number of phenols is 1. The van der Waals surface area contributed by atoms with E-state index in [2.05, 4.69) is 10.3 Å². The molecule has 0 aliphatic rings. The van der Waals surface area contributed by atoms with Crippen molar-refractivity contribution in [2.45, 2.75) is 26.3 Å². The van der Waals surface area contributed by atoms with Crippen molar-refractivity contribution in [3.8, 4) is 10.9 Å². The summed E-state index contributed by atoms with van der Waals surface area (Å²) < 4.78 is 5.86. The van der Waals surface area contributed by atoms with Gasteiger partial charge in [-0.15, -0.1) is 0 Å². The number of hydrogen-bond acceptors (Lipinski definition) is 5. The molecule has 2 N–H and O–H groups in total. The molecule has 0 atom stereocenters.